The lowest BCUT2D eigenvalue weighted by Crippen LogP contribution is -2.29. The molecule has 0 unspecified atom stereocenters. The first-order chi connectivity index (χ1) is 9.34. The summed E-state index contributed by atoms with van der Waals surface area (Å²) in [7, 11) is 0. The Kier molecular flexibility index (Phi) is 8.74. The molecule has 0 spiro atoms. The molecule has 1 amide bonds. The second kappa shape index (κ2) is 9.77. The highest BCUT2D eigenvalue weighted by molar-refractivity contribution is 5.94. The van der Waals surface area contributed by atoms with E-state index in [1.54, 1.807) is 6.92 Å². The molecule has 0 aliphatic carbocycles. The molecular formula is C14H21NO5. The molecule has 6 heteroatoms. The molecule has 0 aromatic heterocycles. The maximum atomic E-state index is 11.2. The predicted molar refractivity (Wildman–Crippen MR) is 74.2 cm³/mol. The van der Waals surface area contributed by atoms with Gasteiger partial charge in [0.1, 0.15) is 6.61 Å². The first-order valence-electron chi connectivity index (χ1n) is 6.26. The standard InChI is InChI=1S/C14H21NO5/c1-10(2)12(16)6-5-8-20-14(18)15-7-9-19-13(17)11(3)4/h1,3,5-9H2,2,4H3,(H,15,18). The van der Waals surface area contributed by atoms with Crippen molar-refractivity contribution in [3.05, 3.63) is 24.3 Å². The second-order valence-electron chi connectivity index (χ2n) is 4.29. The zero-order valence-corrected chi connectivity index (χ0v) is 12.0. The van der Waals surface area contributed by atoms with Crippen molar-refractivity contribution >= 4 is 17.8 Å². The molecule has 0 fully saturated rings. The molecule has 20 heavy (non-hydrogen) atoms. The van der Waals surface area contributed by atoms with E-state index in [1.807, 2.05) is 0 Å². The highest BCUT2D eigenvalue weighted by atomic mass is 16.6. The van der Waals surface area contributed by atoms with E-state index in [-0.39, 0.29) is 25.5 Å². The Hall–Kier alpha value is -2.11. The van der Waals surface area contributed by atoms with Crippen LogP contribution in [0, 0.1) is 0 Å². The minimum absolute atomic E-state index is 0.0410. The molecule has 0 aromatic carbocycles. The molecule has 0 heterocycles. The molecule has 0 saturated heterocycles. The Labute approximate surface area is 118 Å². The van der Waals surface area contributed by atoms with Gasteiger partial charge in [0.05, 0.1) is 13.2 Å². The number of Topliss-reactive ketones (excluding diaryl/α,β-unsaturated/α-hetero) is 1. The molecule has 0 rings (SSSR count). The fourth-order valence-electron chi connectivity index (χ4n) is 1.08. The van der Waals surface area contributed by atoms with Crippen LogP contribution in [0.25, 0.3) is 0 Å². The summed E-state index contributed by atoms with van der Waals surface area (Å²) in [5.74, 6) is -0.542. The van der Waals surface area contributed by atoms with Crippen LogP contribution in [0.3, 0.4) is 0 Å². The lowest BCUT2D eigenvalue weighted by molar-refractivity contribution is -0.138. The van der Waals surface area contributed by atoms with Gasteiger partial charge in [-0.3, -0.25) is 4.79 Å². The average Bonchev–Trinajstić information content (AvgIpc) is 2.38. The van der Waals surface area contributed by atoms with Crippen LogP contribution in [0.1, 0.15) is 26.7 Å². The van der Waals surface area contributed by atoms with Gasteiger partial charge in [-0.15, -0.1) is 0 Å². The second-order valence-corrected chi connectivity index (χ2v) is 4.29. The maximum Gasteiger partial charge on any atom is 0.407 e. The fourth-order valence-corrected chi connectivity index (χ4v) is 1.08. The minimum atomic E-state index is -0.612. The third-order valence-corrected chi connectivity index (χ3v) is 2.21. The third-order valence-electron chi connectivity index (χ3n) is 2.21. The quantitative estimate of drug-likeness (QED) is 0.396. The Morgan fingerprint density at radius 2 is 1.65 bits per heavy atom. The number of rotatable bonds is 9. The Bertz CT molecular complexity index is 364. The average molecular weight is 283 g/mol. The van der Waals surface area contributed by atoms with E-state index >= 15 is 0 Å². The molecule has 0 aromatic rings. The van der Waals surface area contributed by atoms with Crippen LogP contribution in [0.15, 0.2) is 24.3 Å². The van der Waals surface area contributed by atoms with Crippen molar-refractivity contribution in [2.24, 2.45) is 0 Å². The van der Waals surface area contributed by atoms with E-state index in [4.69, 9.17) is 9.47 Å². The van der Waals surface area contributed by atoms with E-state index in [0.29, 0.717) is 24.0 Å². The summed E-state index contributed by atoms with van der Waals surface area (Å²) >= 11 is 0. The number of alkyl carbamates (subject to hydrolysis) is 1. The molecule has 112 valence electrons. The molecule has 0 atom stereocenters. The van der Waals surface area contributed by atoms with Crippen LogP contribution < -0.4 is 5.32 Å². The Morgan fingerprint density at radius 1 is 1.00 bits per heavy atom. The van der Waals surface area contributed by atoms with Gasteiger partial charge in [0.15, 0.2) is 5.78 Å². The van der Waals surface area contributed by atoms with Crippen LogP contribution in [-0.4, -0.2) is 37.6 Å². The van der Waals surface area contributed by atoms with Crippen molar-refractivity contribution in [1.82, 2.24) is 5.32 Å². The molecule has 0 aliphatic rings. The van der Waals surface area contributed by atoms with Gasteiger partial charge in [0.25, 0.3) is 0 Å². The smallest absolute Gasteiger partial charge is 0.407 e. The lowest BCUT2D eigenvalue weighted by Gasteiger charge is -2.07. The first kappa shape index (κ1) is 17.9. The summed E-state index contributed by atoms with van der Waals surface area (Å²) in [5.41, 5.74) is 0.795. The van der Waals surface area contributed by atoms with Gasteiger partial charge in [-0.25, -0.2) is 9.59 Å². The van der Waals surface area contributed by atoms with Crippen molar-refractivity contribution in [2.45, 2.75) is 26.7 Å². The van der Waals surface area contributed by atoms with Crippen LogP contribution in [-0.2, 0) is 19.1 Å². The number of amides is 1. The van der Waals surface area contributed by atoms with Gasteiger partial charge in [0, 0.05) is 12.0 Å². The summed E-state index contributed by atoms with van der Waals surface area (Å²) in [6.07, 6.45) is 0.141. The molecule has 0 bridgehead atoms. The number of ether oxygens (including phenoxy) is 2. The first-order valence-corrected chi connectivity index (χ1v) is 6.26. The number of esters is 1. The highest BCUT2D eigenvalue weighted by Crippen LogP contribution is 1.99. The summed E-state index contributed by atoms with van der Waals surface area (Å²) < 4.78 is 9.61. The number of ketones is 1. The SMILES string of the molecule is C=C(C)C(=O)CCCOC(=O)NCCOC(=O)C(=C)C. The zero-order chi connectivity index (χ0) is 15.5. The normalized spacial score (nSPS) is 9.50. The van der Waals surface area contributed by atoms with Crippen LogP contribution in [0.5, 0.6) is 0 Å². The van der Waals surface area contributed by atoms with Gasteiger partial charge in [-0.05, 0) is 25.8 Å². The van der Waals surface area contributed by atoms with Crippen LogP contribution in [0.4, 0.5) is 4.79 Å². The van der Waals surface area contributed by atoms with E-state index in [2.05, 4.69) is 18.5 Å². The van der Waals surface area contributed by atoms with E-state index < -0.39 is 12.1 Å². The van der Waals surface area contributed by atoms with Crippen LogP contribution in [0.2, 0.25) is 0 Å². The summed E-state index contributed by atoms with van der Waals surface area (Å²) in [5, 5.41) is 2.42. The number of hydrogen-bond donors (Lipinski definition) is 1. The molecule has 0 aliphatic heterocycles. The molecule has 0 radical (unpaired) electrons. The Balaban J connectivity index is 3.55. The number of carbonyl (C=O) groups excluding carboxylic acids is 3. The van der Waals surface area contributed by atoms with Gasteiger partial charge >= 0.3 is 12.1 Å². The van der Waals surface area contributed by atoms with E-state index in [1.165, 1.54) is 6.92 Å². The summed E-state index contributed by atoms with van der Waals surface area (Å²) in [4.78, 5) is 33.4. The van der Waals surface area contributed by atoms with Crippen molar-refractivity contribution in [3.8, 4) is 0 Å². The molecular weight excluding hydrogens is 262 g/mol. The zero-order valence-electron chi connectivity index (χ0n) is 12.0. The largest absolute Gasteiger partial charge is 0.460 e. The van der Waals surface area contributed by atoms with Gasteiger partial charge in [0.2, 0.25) is 0 Å². The van der Waals surface area contributed by atoms with Crippen molar-refractivity contribution < 1.29 is 23.9 Å². The van der Waals surface area contributed by atoms with Gasteiger partial charge < -0.3 is 14.8 Å². The molecule has 1 N–H and O–H groups in total. The van der Waals surface area contributed by atoms with Crippen molar-refractivity contribution in [1.29, 1.82) is 0 Å². The van der Waals surface area contributed by atoms with Gasteiger partial charge in [-0.1, -0.05) is 13.2 Å². The number of nitrogens with one attached hydrogen (secondary N) is 1. The number of allylic oxidation sites excluding steroid dienone is 1. The van der Waals surface area contributed by atoms with Crippen molar-refractivity contribution in [3.63, 3.8) is 0 Å². The number of carbonyl (C=O) groups is 3. The fraction of sp³-hybridized carbons (Fsp3) is 0.500. The monoisotopic (exact) mass is 283 g/mol. The van der Waals surface area contributed by atoms with Gasteiger partial charge in [-0.2, -0.15) is 0 Å². The lowest BCUT2D eigenvalue weighted by atomic mass is 10.1. The highest BCUT2D eigenvalue weighted by Gasteiger charge is 2.06. The number of hydrogen-bond acceptors (Lipinski definition) is 5. The maximum absolute atomic E-state index is 11.2. The minimum Gasteiger partial charge on any atom is -0.460 e. The topological polar surface area (TPSA) is 81.7 Å². The third kappa shape index (κ3) is 8.91. The van der Waals surface area contributed by atoms with E-state index in [0.717, 1.165) is 0 Å². The molecule has 0 saturated carbocycles. The summed E-state index contributed by atoms with van der Waals surface area (Å²) in [6.45, 7) is 10.5. The molecule has 6 nitrogen and oxygen atoms in total. The summed E-state index contributed by atoms with van der Waals surface area (Å²) in [6, 6.07) is 0. The van der Waals surface area contributed by atoms with E-state index in [9.17, 15) is 14.4 Å². The Morgan fingerprint density at radius 3 is 2.20 bits per heavy atom. The van der Waals surface area contributed by atoms with Crippen molar-refractivity contribution in [2.75, 3.05) is 19.8 Å². The van der Waals surface area contributed by atoms with Crippen LogP contribution >= 0.6 is 0 Å². The predicted octanol–water partition coefficient (Wildman–Crippen LogP) is 1.76.